The molecule has 0 N–H and O–H groups in total. The number of rotatable bonds is 6. The van der Waals surface area contributed by atoms with Crippen LogP contribution < -0.4 is 9.47 Å². The van der Waals surface area contributed by atoms with Gasteiger partial charge < -0.3 is 14.2 Å². The molecule has 1 aromatic rings. The second kappa shape index (κ2) is 7.11. The average Bonchev–Trinajstić information content (AvgIpc) is 2.39. The summed E-state index contributed by atoms with van der Waals surface area (Å²) in [5, 5.41) is 0. The van der Waals surface area contributed by atoms with Gasteiger partial charge in [-0.2, -0.15) is 0 Å². The molecule has 0 saturated carbocycles. The van der Waals surface area contributed by atoms with Crippen LogP contribution in [-0.2, 0) is 9.53 Å². The van der Waals surface area contributed by atoms with Crippen LogP contribution in [0.3, 0.4) is 0 Å². The van der Waals surface area contributed by atoms with Crippen molar-refractivity contribution in [2.75, 3.05) is 13.7 Å². The summed E-state index contributed by atoms with van der Waals surface area (Å²) in [5.41, 5.74) is 0.336. The van der Waals surface area contributed by atoms with Crippen molar-refractivity contribution in [1.82, 2.24) is 0 Å². The smallest absolute Gasteiger partial charge is 0.333 e. The lowest BCUT2D eigenvalue weighted by Gasteiger charge is -2.08. The molecule has 0 bridgehead atoms. The van der Waals surface area contributed by atoms with Crippen molar-refractivity contribution in [1.29, 1.82) is 0 Å². The highest BCUT2D eigenvalue weighted by Gasteiger charge is 2.08. The summed E-state index contributed by atoms with van der Waals surface area (Å²) in [4.78, 5) is 21.9. The van der Waals surface area contributed by atoms with Gasteiger partial charge in [0.05, 0.1) is 31.6 Å². The zero-order valence-electron chi connectivity index (χ0n) is 10.2. The van der Waals surface area contributed by atoms with Crippen molar-refractivity contribution < 1.29 is 23.8 Å². The van der Waals surface area contributed by atoms with Crippen LogP contribution in [0, 0.1) is 0 Å². The number of aldehydes is 1. The number of para-hydroxylation sites is 1. The fourth-order valence-corrected chi connectivity index (χ4v) is 1.26. The van der Waals surface area contributed by atoms with Gasteiger partial charge in [0.1, 0.15) is 0 Å². The Morgan fingerprint density at radius 1 is 1.39 bits per heavy atom. The zero-order valence-corrected chi connectivity index (χ0v) is 10.2. The molecule has 0 aromatic heterocycles. The Bertz CT molecular complexity index is 451. The number of benzene rings is 1. The van der Waals surface area contributed by atoms with Crippen LogP contribution in [0.4, 0.5) is 0 Å². The predicted molar refractivity (Wildman–Crippen MR) is 64.8 cm³/mol. The number of methoxy groups -OCH3 is 1. The molecule has 1 aromatic carbocycles. The molecule has 0 radical (unpaired) electrons. The molecule has 0 aliphatic heterocycles. The lowest BCUT2D eigenvalue weighted by atomic mass is 10.2. The molecule has 96 valence electrons. The largest absolute Gasteiger partial charge is 0.493 e. The van der Waals surface area contributed by atoms with Crippen LogP contribution >= 0.6 is 0 Å². The minimum absolute atomic E-state index is 0.260. The van der Waals surface area contributed by atoms with Gasteiger partial charge in [-0.15, -0.1) is 0 Å². The van der Waals surface area contributed by atoms with Crippen molar-refractivity contribution in [2.45, 2.75) is 6.92 Å². The zero-order chi connectivity index (χ0) is 13.4. The fourth-order valence-electron chi connectivity index (χ4n) is 1.26. The van der Waals surface area contributed by atoms with Crippen LogP contribution in [0.25, 0.3) is 0 Å². The maximum absolute atomic E-state index is 11.1. The molecule has 5 heteroatoms. The van der Waals surface area contributed by atoms with E-state index < -0.39 is 5.97 Å². The summed E-state index contributed by atoms with van der Waals surface area (Å²) >= 11 is 0. The Labute approximate surface area is 105 Å². The van der Waals surface area contributed by atoms with Gasteiger partial charge in [-0.05, 0) is 19.1 Å². The van der Waals surface area contributed by atoms with Gasteiger partial charge >= 0.3 is 5.97 Å². The predicted octanol–water partition coefficient (Wildman–Crippen LogP) is 1.96. The molecule has 5 nitrogen and oxygen atoms in total. The van der Waals surface area contributed by atoms with Gasteiger partial charge in [-0.3, -0.25) is 4.79 Å². The lowest BCUT2D eigenvalue weighted by molar-refractivity contribution is -0.137. The Hall–Kier alpha value is -2.30. The Kier molecular flexibility index (Phi) is 5.44. The van der Waals surface area contributed by atoms with E-state index in [-0.39, 0.29) is 12.4 Å². The molecule has 0 saturated heterocycles. The van der Waals surface area contributed by atoms with Gasteiger partial charge in [0.15, 0.2) is 17.8 Å². The number of carbonyl (C=O) groups is 2. The fraction of sp³-hybridized carbons (Fsp3) is 0.231. The minimum Gasteiger partial charge on any atom is -0.493 e. The molecule has 0 aliphatic rings. The third kappa shape index (κ3) is 3.62. The first-order chi connectivity index (χ1) is 8.72. The van der Waals surface area contributed by atoms with Gasteiger partial charge in [0.25, 0.3) is 0 Å². The van der Waals surface area contributed by atoms with Crippen molar-refractivity contribution in [3.05, 3.63) is 36.1 Å². The highest BCUT2D eigenvalue weighted by molar-refractivity contribution is 5.82. The summed E-state index contributed by atoms with van der Waals surface area (Å²) in [7, 11) is 1.46. The van der Waals surface area contributed by atoms with Gasteiger partial charge in [0.2, 0.25) is 0 Å². The molecule has 1 rings (SSSR count). The first kappa shape index (κ1) is 13.8. The van der Waals surface area contributed by atoms with Gasteiger partial charge in [0, 0.05) is 0 Å². The topological polar surface area (TPSA) is 61.8 Å². The molecule has 18 heavy (non-hydrogen) atoms. The van der Waals surface area contributed by atoms with Crippen molar-refractivity contribution >= 4 is 12.3 Å². The van der Waals surface area contributed by atoms with Crippen LogP contribution in [0.5, 0.6) is 11.5 Å². The molecule has 0 heterocycles. The van der Waals surface area contributed by atoms with Crippen LogP contribution in [-0.4, -0.2) is 26.0 Å². The number of hydrogen-bond acceptors (Lipinski definition) is 5. The second-order valence-corrected chi connectivity index (χ2v) is 3.17. The third-order valence-corrected chi connectivity index (χ3v) is 2.03. The molecule has 0 unspecified atom stereocenters. The molecular weight excluding hydrogens is 236 g/mol. The summed E-state index contributed by atoms with van der Waals surface area (Å²) in [6.45, 7) is 1.99. The maximum atomic E-state index is 11.1. The maximum Gasteiger partial charge on any atom is 0.333 e. The number of esters is 1. The van der Waals surface area contributed by atoms with E-state index in [0.717, 1.165) is 12.3 Å². The molecule has 0 fully saturated rings. The van der Waals surface area contributed by atoms with Crippen molar-refractivity contribution in [3.8, 4) is 11.5 Å². The van der Waals surface area contributed by atoms with E-state index in [1.54, 1.807) is 25.1 Å². The quantitative estimate of drug-likeness (QED) is 0.334. The molecule has 0 amide bonds. The molecular formula is C13H14O5. The van der Waals surface area contributed by atoms with Crippen molar-refractivity contribution in [2.24, 2.45) is 0 Å². The summed E-state index contributed by atoms with van der Waals surface area (Å²) in [6, 6.07) is 4.91. The van der Waals surface area contributed by atoms with E-state index in [0.29, 0.717) is 17.6 Å². The van der Waals surface area contributed by atoms with E-state index >= 15 is 0 Å². The Morgan fingerprint density at radius 2 is 2.17 bits per heavy atom. The summed E-state index contributed by atoms with van der Waals surface area (Å²) < 4.78 is 15.0. The monoisotopic (exact) mass is 250 g/mol. The van der Waals surface area contributed by atoms with Gasteiger partial charge in [-0.25, -0.2) is 4.79 Å². The Morgan fingerprint density at radius 3 is 2.78 bits per heavy atom. The van der Waals surface area contributed by atoms with E-state index in [1.807, 2.05) is 0 Å². The van der Waals surface area contributed by atoms with Crippen LogP contribution in [0.15, 0.2) is 30.5 Å². The van der Waals surface area contributed by atoms with Crippen molar-refractivity contribution in [3.63, 3.8) is 0 Å². The minimum atomic E-state index is -0.514. The normalized spacial score (nSPS) is 10.1. The average molecular weight is 250 g/mol. The van der Waals surface area contributed by atoms with Crippen LogP contribution in [0.2, 0.25) is 0 Å². The summed E-state index contributed by atoms with van der Waals surface area (Å²) in [5.74, 6) is 0.156. The van der Waals surface area contributed by atoms with Gasteiger partial charge in [-0.1, -0.05) is 6.07 Å². The first-order valence-electron chi connectivity index (χ1n) is 5.35. The van der Waals surface area contributed by atoms with E-state index in [4.69, 9.17) is 9.47 Å². The van der Waals surface area contributed by atoms with E-state index in [2.05, 4.69) is 4.74 Å². The van der Waals surface area contributed by atoms with E-state index in [1.165, 1.54) is 7.11 Å². The first-order valence-corrected chi connectivity index (χ1v) is 5.35. The molecule has 0 spiro atoms. The molecule has 0 aliphatic carbocycles. The lowest BCUT2D eigenvalue weighted by Crippen LogP contribution is -2.00. The molecule has 0 atom stereocenters. The SMILES string of the molecule is CCOC(=O)/C=C\Oc1c(C=O)cccc1OC. The third-order valence-electron chi connectivity index (χ3n) is 2.03. The van der Waals surface area contributed by atoms with Crippen LogP contribution in [0.1, 0.15) is 17.3 Å². The second-order valence-electron chi connectivity index (χ2n) is 3.17. The summed E-state index contributed by atoms with van der Waals surface area (Å²) in [6.07, 6.45) is 2.93. The highest BCUT2D eigenvalue weighted by Crippen LogP contribution is 2.30. The Balaban J connectivity index is 2.83. The number of ether oxygens (including phenoxy) is 3. The van der Waals surface area contributed by atoms with E-state index in [9.17, 15) is 9.59 Å². The standard InChI is InChI=1S/C13H14O5/c1-3-17-12(15)7-8-18-13-10(9-14)5-4-6-11(13)16-2/h4-9H,3H2,1-2H3/b8-7-. The highest BCUT2D eigenvalue weighted by atomic mass is 16.5. The number of hydrogen-bond donors (Lipinski definition) is 0. The number of carbonyl (C=O) groups excluding carboxylic acids is 2.